The van der Waals surface area contributed by atoms with Crippen LogP contribution in [-0.2, 0) is 32.7 Å². The van der Waals surface area contributed by atoms with E-state index in [0.29, 0.717) is 0 Å². The fourth-order valence-corrected chi connectivity index (χ4v) is 0. The summed E-state index contributed by atoms with van der Waals surface area (Å²) in [6.45, 7) is 7.97. The maximum atomic E-state index is 5.03. The molecule has 49 valence electrons. The van der Waals surface area contributed by atoms with Crippen LogP contribution in [0.4, 0.5) is 0 Å². The van der Waals surface area contributed by atoms with E-state index in [9.17, 15) is 0 Å². The first kappa shape index (κ1) is 16.0. The Balaban J connectivity index is -0.0000000575. The summed E-state index contributed by atoms with van der Waals surface area (Å²) in [7, 11) is 0. The molecule has 0 aromatic rings. The molecule has 0 heterocycles. The van der Waals surface area contributed by atoms with Crippen molar-refractivity contribution in [3.63, 3.8) is 0 Å². The van der Waals surface area contributed by atoms with E-state index in [1.54, 1.807) is 0 Å². The summed E-state index contributed by atoms with van der Waals surface area (Å²) in [5, 5.41) is 0. The molecule has 0 saturated carbocycles. The fourth-order valence-electron chi connectivity index (χ4n) is 0. The van der Waals surface area contributed by atoms with Gasteiger partial charge in [0.15, 0.2) is 0 Å². The van der Waals surface area contributed by atoms with E-state index in [2.05, 4.69) is 13.8 Å². The Morgan fingerprint density at radius 3 is 1.25 bits per heavy atom. The van der Waals surface area contributed by atoms with E-state index in [4.69, 9.17) is 5.73 Å². The molecule has 0 aliphatic rings. The van der Waals surface area contributed by atoms with Crippen molar-refractivity contribution < 1.29 is 32.7 Å². The Morgan fingerprint density at radius 2 is 1.25 bits per heavy atom. The fraction of sp³-hybridized carbons (Fsp3) is 0.833. The van der Waals surface area contributed by atoms with E-state index >= 15 is 0 Å². The third-order valence-corrected chi connectivity index (χ3v) is 0. The van der Waals surface area contributed by atoms with Crippen LogP contribution in [-0.4, -0.2) is 0 Å². The van der Waals surface area contributed by atoms with Gasteiger partial charge in [-0.2, -0.15) is 13.8 Å². The van der Waals surface area contributed by atoms with Gasteiger partial charge in [0.25, 0.3) is 0 Å². The zero-order valence-electron chi connectivity index (χ0n) is 6.36. The molecule has 0 fully saturated rings. The number of rotatable bonds is 0. The average Bonchev–Trinajstić information content (AvgIpc) is 1.33. The van der Waals surface area contributed by atoms with Crippen LogP contribution in [0, 0.1) is 6.04 Å². The molecular formula is C6H16NY-. The van der Waals surface area contributed by atoms with E-state index in [0.717, 1.165) is 6.04 Å². The van der Waals surface area contributed by atoms with Crippen LogP contribution in [0.15, 0.2) is 0 Å². The second-order valence-corrected chi connectivity index (χ2v) is 1.78. The maximum Gasteiger partial charge on any atom is 0 e. The van der Waals surface area contributed by atoms with Gasteiger partial charge in [0.1, 0.15) is 0 Å². The molecule has 1 radical (unpaired) electrons. The van der Waals surface area contributed by atoms with E-state index in [-0.39, 0.29) is 32.7 Å². The largest absolute Gasteiger partial charge is 0.481 e. The molecule has 2 heteroatoms. The van der Waals surface area contributed by atoms with Crippen LogP contribution in [0.2, 0.25) is 0 Å². The number of nitrogens with two attached hydrogens (primary N) is 1. The van der Waals surface area contributed by atoms with Gasteiger partial charge >= 0.3 is 0 Å². The molecular weight excluding hydrogens is 175 g/mol. The molecule has 0 atom stereocenters. The van der Waals surface area contributed by atoms with E-state index < -0.39 is 0 Å². The maximum absolute atomic E-state index is 5.03. The number of hydrogen-bond donors (Lipinski definition) is 1. The van der Waals surface area contributed by atoms with Crippen molar-refractivity contribution in [3.8, 4) is 0 Å². The molecule has 0 aromatic carbocycles. The predicted octanol–water partition coefficient (Wildman–Crippen LogP) is 1.93. The molecule has 0 unspecified atom stereocenters. The quantitative estimate of drug-likeness (QED) is 0.581. The summed E-state index contributed by atoms with van der Waals surface area (Å²) in [6.07, 6.45) is 1.25. The smallest absolute Gasteiger partial charge is 0 e. The minimum absolute atomic E-state index is 0. The van der Waals surface area contributed by atoms with Gasteiger partial charge in [-0.1, -0.05) is 20.3 Å². The Morgan fingerprint density at radius 1 is 1.25 bits per heavy atom. The summed E-state index contributed by atoms with van der Waals surface area (Å²) in [6, 6.07) is 0.917. The SMILES string of the molecule is CCC.C[C-](C)N.[Y]. The average molecular weight is 191 g/mol. The second kappa shape index (κ2) is 15.7. The summed E-state index contributed by atoms with van der Waals surface area (Å²) in [4.78, 5) is 0. The second-order valence-electron chi connectivity index (χ2n) is 1.78. The van der Waals surface area contributed by atoms with E-state index in [1.807, 2.05) is 13.8 Å². The zero-order valence-corrected chi connectivity index (χ0v) is 9.20. The minimum atomic E-state index is 0. The summed E-state index contributed by atoms with van der Waals surface area (Å²) >= 11 is 0. The van der Waals surface area contributed by atoms with Gasteiger partial charge in [-0.25, -0.2) is 0 Å². The van der Waals surface area contributed by atoms with E-state index in [1.165, 1.54) is 6.42 Å². The number of hydrogen-bond acceptors (Lipinski definition) is 1. The molecule has 8 heavy (non-hydrogen) atoms. The molecule has 1 nitrogen and oxygen atoms in total. The van der Waals surface area contributed by atoms with Crippen molar-refractivity contribution in [2.75, 3.05) is 0 Å². The van der Waals surface area contributed by atoms with Gasteiger partial charge in [-0.15, -0.1) is 0 Å². The van der Waals surface area contributed by atoms with Crippen LogP contribution >= 0.6 is 0 Å². The molecule has 0 bridgehead atoms. The van der Waals surface area contributed by atoms with Crippen molar-refractivity contribution in [1.82, 2.24) is 0 Å². The van der Waals surface area contributed by atoms with Crippen LogP contribution in [0.1, 0.15) is 34.1 Å². The molecule has 0 saturated heterocycles. The topological polar surface area (TPSA) is 26.0 Å². The predicted molar refractivity (Wildman–Crippen MR) is 34.7 cm³/mol. The van der Waals surface area contributed by atoms with Gasteiger partial charge in [0.2, 0.25) is 0 Å². The Kier molecular flexibility index (Phi) is 31.4. The van der Waals surface area contributed by atoms with Gasteiger partial charge in [0, 0.05) is 32.7 Å². The molecule has 0 amide bonds. The summed E-state index contributed by atoms with van der Waals surface area (Å²) < 4.78 is 0. The van der Waals surface area contributed by atoms with Crippen molar-refractivity contribution >= 4 is 0 Å². The third kappa shape index (κ3) is 229. The molecule has 0 aliphatic heterocycles. The Bertz CT molecular complexity index is 19.7. The van der Waals surface area contributed by atoms with Crippen molar-refractivity contribution in [3.05, 3.63) is 6.04 Å². The molecule has 0 aromatic heterocycles. The van der Waals surface area contributed by atoms with Crippen LogP contribution in [0.25, 0.3) is 0 Å². The van der Waals surface area contributed by atoms with Crippen LogP contribution in [0.3, 0.4) is 0 Å². The van der Waals surface area contributed by atoms with Gasteiger partial charge in [0.05, 0.1) is 0 Å². The molecule has 0 aliphatic carbocycles. The van der Waals surface area contributed by atoms with Gasteiger partial charge in [-0.05, 0) is 0 Å². The zero-order chi connectivity index (χ0) is 6.28. The first-order chi connectivity index (χ1) is 3.15. The molecule has 0 rings (SSSR count). The summed E-state index contributed by atoms with van der Waals surface area (Å²) in [5.74, 6) is 0. The first-order valence-corrected chi connectivity index (χ1v) is 2.70. The van der Waals surface area contributed by atoms with Gasteiger partial charge < -0.3 is 5.73 Å². The monoisotopic (exact) mass is 191 g/mol. The molecule has 0 spiro atoms. The first-order valence-electron chi connectivity index (χ1n) is 2.70. The Labute approximate surface area is 78.3 Å². The minimum Gasteiger partial charge on any atom is -0.481 e. The van der Waals surface area contributed by atoms with Crippen molar-refractivity contribution in [2.45, 2.75) is 34.1 Å². The van der Waals surface area contributed by atoms with Gasteiger partial charge in [-0.3, -0.25) is 6.04 Å². The van der Waals surface area contributed by atoms with Crippen molar-refractivity contribution in [2.24, 2.45) is 5.73 Å². The Hall–Kier alpha value is 1.06. The molecule has 2 N–H and O–H groups in total. The standard InChI is InChI=1S/C3H8N.C3H8.Y/c1-3(2)4;1-3-2;/h4H2,1-2H3;3H2,1-2H3;/q-1;;. The third-order valence-electron chi connectivity index (χ3n) is 0. The van der Waals surface area contributed by atoms with Crippen molar-refractivity contribution in [1.29, 1.82) is 0 Å². The normalized spacial score (nSPS) is 6.75. The van der Waals surface area contributed by atoms with Crippen LogP contribution in [0.5, 0.6) is 0 Å². The van der Waals surface area contributed by atoms with Crippen LogP contribution < -0.4 is 5.73 Å². The summed E-state index contributed by atoms with van der Waals surface area (Å²) in [5.41, 5.74) is 5.03.